The van der Waals surface area contributed by atoms with Crippen molar-refractivity contribution in [1.82, 2.24) is 19.7 Å². The van der Waals surface area contributed by atoms with Crippen molar-refractivity contribution in [3.63, 3.8) is 0 Å². The predicted octanol–water partition coefficient (Wildman–Crippen LogP) is 1.87. The lowest BCUT2D eigenvalue weighted by Gasteiger charge is -2.03. The smallest absolute Gasteiger partial charge is 0.227 e. The molecule has 6 heteroatoms. The van der Waals surface area contributed by atoms with Crippen molar-refractivity contribution in [2.45, 2.75) is 12.8 Å². The van der Waals surface area contributed by atoms with E-state index in [4.69, 9.17) is 0 Å². The molecule has 0 unspecified atom stereocenters. The maximum Gasteiger partial charge on any atom is 0.227 e. The lowest BCUT2D eigenvalue weighted by atomic mass is 10.1. The third kappa shape index (κ3) is 2.40. The zero-order valence-corrected chi connectivity index (χ0v) is 11.1. The monoisotopic (exact) mass is 269 g/mol. The number of para-hydroxylation sites is 1. The van der Waals surface area contributed by atoms with E-state index < -0.39 is 0 Å². The Morgan fingerprint density at radius 2 is 2.25 bits per heavy atom. The number of nitrogens with one attached hydrogen (secondary N) is 2. The third-order valence-corrected chi connectivity index (χ3v) is 3.26. The molecule has 2 aromatic heterocycles. The molecule has 0 bridgehead atoms. The van der Waals surface area contributed by atoms with Gasteiger partial charge in [-0.2, -0.15) is 10.1 Å². The van der Waals surface area contributed by atoms with Gasteiger partial charge in [-0.1, -0.05) is 18.2 Å². The number of hydrogen-bond acceptors (Lipinski definition) is 3. The van der Waals surface area contributed by atoms with Gasteiger partial charge in [-0.05, 0) is 18.1 Å². The summed E-state index contributed by atoms with van der Waals surface area (Å²) in [6, 6.07) is 8.07. The molecular weight excluding hydrogens is 254 g/mol. The average Bonchev–Trinajstić information content (AvgIpc) is 3.04. The number of aryl methyl sites for hydroxylation is 2. The van der Waals surface area contributed by atoms with Gasteiger partial charge in [0.05, 0.1) is 0 Å². The van der Waals surface area contributed by atoms with E-state index in [1.54, 1.807) is 7.05 Å². The number of amides is 1. The Hall–Kier alpha value is -2.63. The predicted molar refractivity (Wildman–Crippen MR) is 76.3 cm³/mol. The summed E-state index contributed by atoms with van der Waals surface area (Å²) in [6.45, 7) is 0. The summed E-state index contributed by atoms with van der Waals surface area (Å²) >= 11 is 0. The molecule has 0 fully saturated rings. The number of aromatic amines is 1. The zero-order chi connectivity index (χ0) is 13.9. The van der Waals surface area contributed by atoms with E-state index in [1.165, 1.54) is 16.4 Å². The quantitative estimate of drug-likeness (QED) is 0.759. The molecule has 1 aromatic carbocycles. The van der Waals surface area contributed by atoms with Gasteiger partial charge in [-0.3, -0.25) is 10.1 Å². The number of anilines is 1. The van der Waals surface area contributed by atoms with Gasteiger partial charge in [-0.15, -0.1) is 0 Å². The topological polar surface area (TPSA) is 75.6 Å². The van der Waals surface area contributed by atoms with E-state index in [2.05, 4.69) is 26.4 Å². The number of benzene rings is 1. The van der Waals surface area contributed by atoms with Crippen LogP contribution in [0, 0.1) is 0 Å². The molecule has 6 nitrogen and oxygen atoms in total. The first kappa shape index (κ1) is 12.4. The number of hydrogen-bond donors (Lipinski definition) is 2. The molecule has 102 valence electrons. The molecule has 1 amide bonds. The van der Waals surface area contributed by atoms with Crippen molar-refractivity contribution in [2.75, 3.05) is 5.32 Å². The second kappa shape index (κ2) is 5.16. The fraction of sp³-hybridized carbons (Fsp3) is 0.214. The third-order valence-electron chi connectivity index (χ3n) is 3.26. The summed E-state index contributed by atoms with van der Waals surface area (Å²) in [5.41, 5.74) is 2.24. The minimum absolute atomic E-state index is 0.0635. The van der Waals surface area contributed by atoms with Crippen LogP contribution in [-0.2, 0) is 18.3 Å². The first-order chi connectivity index (χ1) is 9.74. The van der Waals surface area contributed by atoms with Crippen LogP contribution >= 0.6 is 0 Å². The number of fused-ring (bicyclic) bond motifs is 1. The van der Waals surface area contributed by atoms with E-state index >= 15 is 0 Å². The summed E-state index contributed by atoms with van der Waals surface area (Å²) in [4.78, 5) is 19.1. The molecule has 2 N–H and O–H groups in total. The molecule has 0 aliphatic carbocycles. The maximum absolute atomic E-state index is 11.9. The highest BCUT2D eigenvalue weighted by molar-refractivity contribution is 5.90. The van der Waals surface area contributed by atoms with Crippen molar-refractivity contribution < 1.29 is 4.79 Å². The zero-order valence-electron chi connectivity index (χ0n) is 11.1. The van der Waals surface area contributed by atoms with Crippen LogP contribution in [0.1, 0.15) is 12.0 Å². The summed E-state index contributed by atoms with van der Waals surface area (Å²) in [6.07, 6.45) is 4.47. The van der Waals surface area contributed by atoms with E-state index in [-0.39, 0.29) is 5.91 Å². The Morgan fingerprint density at radius 1 is 1.40 bits per heavy atom. The molecule has 0 spiro atoms. The van der Waals surface area contributed by atoms with Gasteiger partial charge in [0.25, 0.3) is 0 Å². The van der Waals surface area contributed by atoms with E-state index in [9.17, 15) is 4.79 Å². The summed E-state index contributed by atoms with van der Waals surface area (Å²) < 4.78 is 1.53. The molecule has 0 aliphatic rings. The highest BCUT2D eigenvalue weighted by Gasteiger charge is 2.09. The Morgan fingerprint density at radius 3 is 3.05 bits per heavy atom. The second-order valence-electron chi connectivity index (χ2n) is 4.61. The summed E-state index contributed by atoms with van der Waals surface area (Å²) in [5.74, 6) is 0.403. The van der Waals surface area contributed by atoms with Crippen LogP contribution in [0.4, 0.5) is 5.95 Å². The Bertz CT molecular complexity index is 743. The molecule has 0 atom stereocenters. The molecular formula is C14H15N5O. The Balaban J connectivity index is 1.65. The number of nitrogens with zero attached hydrogens (tertiary/aromatic N) is 3. The number of carbonyl (C=O) groups excluding carboxylic acids is 1. The van der Waals surface area contributed by atoms with Crippen LogP contribution in [0.25, 0.3) is 10.9 Å². The Kier molecular flexibility index (Phi) is 3.20. The van der Waals surface area contributed by atoms with Gasteiger partial charge < -0.3 is 4.98 Å². The maximum atomic E-state index is 11.9. The van der Waals surface area contributed by atoms with Crippen molar-refractivity contribution in [3.05, 3.63) is 42.4 Å². The number of H-pyrrole nitrogens is 1. The second-order valence-corrected chi connectivity index (χ2v) is 4.61. The van der Waals surface area contributed by atoms with Gasteiger partial charge in [0.1, 0.15) is 6.33 Å². The van der Waals surface area contributed by atoms with Crippen molar-refractivity contribution in [1.29, 1.82) is 0 Å². The van der Waals surface area contributed by atoms with Gasteiger partial charge in [-0.25, -0.2) is 4.68 Å². The first-order valence-corrected chi connectivity index (χ1v) is 6.43. The van der Waals surface area contributed by atoms with Crippen molar-refractivity contribution in [3.8, 4) is 0 Å². The van der Waals surface area contributed by atoms with Crippen LogP contribution in [0.5, 0.6) is 0 Å². The van der Waals surface area contributed by atoms with Crippen LogP contribution in [0.2, 0.25) is 0 Å². The standard InChI is InChI=1S/C14H15N5O/c1-19-14(16-9-17-19)18-13(20)7-6-10-8-15-12-5-3-2-4-11(10)12/h2-5,8-9,15H,6-7H2,1H3,(H,16,17,18,20). The van der Waals surface area contributed by atoms with E-state index in [0.29, 0.717) is 18.8 Å². The van der Waals surface area contributed by atoms with Crippen molar-refractivity contribution in [2.24, 2.45) is 7.05 Å². The minimum Gasteiger partial charge on any atom is -0.361 e. The van der Waals surface area contributed by atoms with E-state index in [1.807, 2.05) is 24.4 Å². The van der Waals surface area contributed by atoms with Crippen molar-refractivity contribution >= 4 is 22.8 Å². The van der Waals surface area contributed by atoms with Crippen LogP contribution in [0.15, 0.2) is 36.8 Å². The van der Waals surface area contributed by atoms with Gasteiger partial charge >= 0.3 is 0 Å². The number of aromatic nitrogens is 4. The van der Waals surface area contributed by atoms with Crippen LogP contribution in [0.3, 0.4) is 0 Å². The molecule has 2 heterocycles. The van der Waals surface area contributed by atoms with E-state index in [0.717, 1.165) is 11.1 Å². The average molecular weight is 269 g/mol. The molecule has 20 heavy (non-hydrogen) atoms. The number of rotatable bonds is 4. The fourth-order valence-corrected chi connectivity index (χ4v) is 2.18. The molecule has 0 radical (unpaired) electrons. The largest absolute Gasteiger partial charge is 0.361 e. The molecule has 3 aromatic rings. The highest BCUT2D eigenvalue weighted by Crippen LogP contribution is 2.19. The molecule has 0 saturated carbocycles. The van der Waals surface area contributed by atoms with Gasteiger partial charge in [0.2, 0.25) is 11.9 Å². The summed E-state index contributed by atoms with van der Waals surface area (Å²) in [5, 5.41) is 7.81. The molecule has 0 saturated heterocycles. The Labute approximate surface area is 115 Å². The lowest BCUT2D eigenvalue weighted by molar-refractivity contribution is -0.116. The minimum atomic E-state index is -0.0635. The van der Waals surface area contributed by atoms with Crippen LogP contribution < -0.4 is 5.32 Å². The van der Waals surface area contributed by atoms with Crippen LogP contribution in [-0.4, -0.2) is 25.7 Å². The summed E-state index contributed by atoms with van der Waals surface area (Å²) in [7, 11) is 1.74. The SMILES string of the molecule is Cn1ncnc1NC(=O)CCc1c[nH]c2ccccc12. The molecule has 3 rings (SSSR count). The highest BCUT2D eigenvalue weighted by atomic mass is 16.1. The van der Waals surface area contributed by atoms with Gasteiger partial charge in [0.15, 0.2) is 0 Å². The normalized spacial score (nSPS) is 10.8. The van der Waals surface area contributed by atoms with Gasteiger partial charge in [0, 0.05) is 30.6 Å². The first-order valence-electron chi connectivity index (χ1n) is 6.43. The fourth-order valence-electron chi connectivity index (χ4n) is 2.18. The molecule has 0 aliphatic heterocycles. The number of carbonyl (C=O) groups is 1. The lowest BCUT2D eigenvalue weighted by Crippen LogP contribution is -2.15.